The Hall–Kier alpha value is -2.41. The van der Waals surface area contributed by atoms with Crippen molar-refractivity contribution in [1.82, 2.24) is 0 Å². The molecule has 0 heterocycles. The van der Waals surface area contributed by atoms with Crippen LogP contribution in [0.3, 0.4) is 0 Å². The third-order valence-corrected chi connectivity index (χ3v) is 4.91. The number of nitrogens with zero attached hydrogens (tertiary/aromatic N) is 1. The topological polar surface area (TPSA) is 66.5 Å². The molecule has 0 aliphatic heterocycles. The van der Waals surface area contributed by atoms with Crippen molar-refractivity contribution in [2.24, 2.45) is 0 Å². The molecule has 2 aromatic rings. The molecule has 0 saturated heterocycles. The summed E-state index contributed by atoms with van der Waals surface area (Å²) >= 11 is 0. The molecule has 1 amide bonds. The highest BCUT2D eigenvalue weighted by molar-refractivity contribution is 7.92. The lowest BCUT2D eigenvalue weighted by atomic mass is 10.1. The highest BCUT2D eigenvalue weighted by atomic mass is 32.2. The Labute approximate surface area is 147 Å². The first kappa shape index (κ1) is 18.9. The molecule has 0 aliphatic rings. The van der Waals surface area contributed by atoms with Crippen molar-refractivity contribution < 1.29 is 17.6 Å². The van der Waals surface area contributed by atoms with Gasteiger partial charge in [0.25, 0.3) is 0 Å². The summed E-state index contributed by atoms with van der Waals surface area (Å²) < 4.78 is 38.7. The van der Waals surface area contributed by atoms with Crippen molar-refractivity contribution in [3.05, 3.63) is 59.9 Å². The molecule has 0 fully saturated rings. The molecule has 25 heavy (non-hydrogen) atoms. The van der Waals surface area contributed by atoms with Gasteiger partial charge < -0.3 is 5.32 Å². The molecule has 5 nitrogen and oxygen atoms in total. The van der Waals surface area contributed by atoms with Gasteiger partial charge in [0, 0.05) is 5.69 Å². The predicted octanol–water partition coefficient (Wildman–Crippen LogP) is 3.32. The molecule has 2 aromatic carbocycles. The molecule has 0 spiro atoms. The van der Waals surface area contributed by atoms with Crippen LogP contribution in [0.5, 0.6) is 0 Å². The summed E-state index contributed by atoms with van der Waals surface area (Å²) in [5.41, 5.74) is 1.82. The minimum Gasteiger partial charge on any atom is -0.324 e. The van der Waals surface area contributed by atoms with Crippen molar-refractivity contribution >= 4 is 27.3 Å². The van der Waals surface area contributed by atoms with Crippen molar-refractivity contribution in [1.29, 1.82) is 0 Å². The van der Waals surface area contributed by atoms with Crippen molar-refractivity contribution in [2.75, 3.05) is 15.9 Å². The van der Waals surface area contributed by atoms with E-state index in [9.17, 15) is 17.6 Å². The summed E-state index contributed by atoms with van der Waals surface area (Å²) in [6.45, 7) is 3.63. The zero-order chi connectivity index (χ0) is 18.6. The molecule has 1 N–H and O–H groups in total. The Kier molecular flexibility index (Phi) is 5.79. The van der Waals surface area contributed by atoms with E-state index in [1.807, 2.05) is 6.92 Å². The number of carbonyl (C=O) groups excluding carboxylic acids is 1. The summed E-state index contributed by atoms with van der Waals surface area (Å²) in [6, 6.07) is 11.3. The van der Waals surface area contributed by atoms with Gasteiger partial charge >= 0.3 is 0 Å². The van der Waals surface area contributed by atoms with Crippen LogP contribution >= 0.6 is 0 Å². The van der Waals surface area contributed by atoms with E-state index in [4.69, 9.17) is 0 Å². The highest BCUT2D eigenvalue weighted by Gasteiger charge is 2.31. The fourth-order valence-corrected chi connectivity index (χ4v) is 3.72. The van der Waals surface area contributed by atoms with Crippen LogP contribution in [0.25, 0.3) is 0 Å². The van der Waals surface area contributed by atoms with Crippen molar-refractivity contribution in [2.45, 2.75) is 26.3 Å². The van der Waals surface area contributed by atoms with Crippen LogP contribution in [-0.2, 0) is 14.8 Å². The zero-order valence-corrected chi connectivity index (χ0v) is 15.2. The quantitative estimate of drug-likeness (QED) is 0.855. The SMILES string of the molecule is CC[C@@H](C(=O)Nc1ccc(F)cc1)N(c1ccc(C)cc1)S(C)(=O)=O. The van der Waals surface area contributed by atoms with Crippen LogP contribution < -0.4 is 9.62 Å². The van der Waals surface area contributed by atoms with Crippen LogP contribution in [0.15, 0.2) is 48.5 Å². The van der Waals surface area contributed by atoms with E-state index >= 15 is 0 Å². The second kappa shape index (κ2) is 7.65. The van der Waals surface area contributed by atoms with E-state index in [0.29, 0.717) is 11.4 Å². The van der Waals surface area contributed by atoms with Crippen LogP contribution in [0.4, 0.5) is 15.8 Å². The fourth-order valence-electron chi connectivity index (χ4n) is 2.51. The molecule has 134 valence electrons. The Morgan fingerprint density at radius 2 is 1.68 bits per heavy atom. The fraction of sp³-hybridized carbons (Fsp3) is 0.278. The minimum absolute atomic E-state index is 0.286. The Balaban J connectivity index is 2.34. The van der Waals surface area contributed by atoms with Crippen LogP contribution in [0.1, 0.15) is 18.9 Å². The second-order valence-corrected chi connectivity index (χ2v) is 7.67. The maximum absolute atomic E-state index is 13.0. The van der Waals surface area contributed by atoms with E-state index in [1.165, 1.54) is 24.3 Å². The van der Waals surface area contributed by atoms with E-state index in [2.05, 4.69) is 5.32 Å². The Morgan fingerprint density at radius 3 is 2.16 bits per heavy atom. The van der Waals surface area contributed by atoms with E-state index in [0.717, 1.165) is 16.1 Å². The first-order valence-corrected chi connectivity index (χ1v) is 9.69. The first-order chi connectivity index (χ1) is 11.7. The number of anilines is 2. The molecule has 0 saturated carbocycles. The van der Waals surface area contributed by atoms with Gasteiger partial charge in [-0.15, -0.1) is 0 Å². The zero-order valence-electron chi connectivity index (χ0n) is 14.4. The number of hydrogen-bond acceptors (Lipinski definition) is 3. The van der Waals surface area contributed by atoms with E-state index in [1.54, 1.807) is 31.2 Å². The third kappa shape index (κ3) is 4.79. The summed E-state index contributed by atoms with van der Waals surface area (Å²) in [4.78, 5) is 12.6. The molecule has 0 unspecified atom stereocenters. The predicted molar refractivity (Wildman–Crippen MR) is 97.6 cm³/mol. The lowest BCUT2D eigenvalue weighted by Gasteiger charge is -2.30. The number of nitrogens with one attached hydrogen (secondary N) is 1. The maximum atomic E-state index is 13.0. The molecule has 1 atom stereocenters. The van der Waals surface area contributed by atoms with E-state index in [-0.39, 0.29) is 6.42 Å². The van der Waals surface area contributed by atoms with Gasteiger partial charge in [0.1, 0.15) is 11.9 Å². The summed E-state index contributed by atoms with van der Waals surface area (Å²) in [7, 11) is -3.67. The molecular formula is C18H21FN2O3S. The number of amides is 1. The maximum Gasteiger partial charge on any atom is 0.248 e. The van der Waals surface area contributed by atoms with Crippen LogP contribution in [0.2, 0.25) is 0 Å². The lowest BCUT2D eigenvalue weighted by molar-refractivity contribution is -0.117. The van der Waals surface area contributed by atoms with Gasteiger partial charge in [0.05, 0.1) is 11.9 Å². The number of hydrogen-bond donors (Lipinski definition) is 1. The minimum atomic E-state index is -3.67. The summed E-state index contributed by atoms with van der Waals surface area (Å²) in [5, 5.41) is 2.64. The third-order valence-electron chi connectivity index (χ3n) is 3.73. The molecule has 7 heteroatoms. The highest BCUT2D eigenvalue weighted by Crippen LogP contribution is 2.23. The van der Waals surface area contributed by atoms with Gasteiger partial charge in [-0.1, -0.05) is 24.6 Å². The number of rotatable bonds is 6. The summed E-state index contributed by atoms with van der Waals surface area (Å²) in [6.07, 6.45) is 1.36. The molecule has 0 bridgehead atoms. The molecule has 0 radical (unpaired) electrons. The molecular weight excluding hydrogens is 343 g/mol. The van der Waals surface area contributed by atoms with Gasteiger partial charge in [0.2, 0.25) is 15.9 Å². The number of aryl methyl sites for hydroxylation is 1. The Morgan fingerprint density at radius 1 is 1.12 bits per heavy atom. The van der Waals surface area contributed by atoms with Crippen molar-refractivity contribution in [3.63, 3.8) is 0 Å². The smallest absolute Gasteiger partial charge is 0.248 e. The van der Waals surface area contributed by atoms with Crippen LogP contribution in [0, 0.1) is 12.7 Å². The molecule has 2 rings (SSSR count). The molecule has 0 aliphatic carbocycles. The Bertz CT molecular complexity index is 834. The number of benzene rings is 2. The number of halogens is 1. The number of carbonyl (C=O) groups is 1. The first-order valence-electron chi connectivity index (χ1n) is 7.85. The average molecular weight is 364 g/mol. The lowest BCUT2D eigenvalue weighted by Crippen LogP contribution is -2.47. The van der Waals surface area contributed by atoms with Gasteiger partial charge in [-0.2, -0.15) is 0 Å². The average Bonchev–Trinajstić information content (AvgIpc) is 2.54. The monoisotopic (exact) mass is 364 g/mol. The molecule has 0 aromatic heterocycles. The second-order valence-electron chi connectivity index (χ2n) is 5.81. The largest absolute Gasteiger partial charge is 0.324 e. The van der Waals surface area contributed by atoms with E-state index < -0.39 is 27.8 Å². The number of sulfonamides is 1. The standard InChI is InChI=1S/C18H21FN2O3S/c1-4-17(18(22)20-15-9-7-14(19)8-10-15)21(25(3,23)24)16-11-5-13(2)6-12-16/h5-12,17H,4H2,1-3H3,(H,20,22)/t17-/m0/s1. The normalized spacial score (nSPS) is 12.5. The van der Waals surface area contributed by atoms with Gasteiger partial charge in [-0.25, -0.2) is 12.8 Å². The summed E-state index contributed by atoms with van der Waals surface area (Å²) in [5.74, 6) is -0.887. The van der Waals surface area contributed by atoms with Gasteiger partial charge in [-0.3, -0.25) is 9.10 Å². The van der Waals surface area contributed by atoms with Crippen molar-refractivity contribution in [3.8, 4) is 0 Å². The van der Waals surface area contributed by atoms with Gasteiger partial charge in [0.15, 0.2) is 0 Å². The van der Waals surface area contributed by atoms with Crippen LogP contribution in [-0.4, -0.2) is 26.6 Å². The van der Waals surface area contributed by atoms with Gasteiger partial charge in [-0.05, 0) is 49.7 Å².